The summed E-state index contributed by atoms with van der Waals surface area (Å²) >= 11 is 15.9. The van der Waals surface area contributed by atoms with E-state index in [0.29, 0.717) is 0 Å². The second-order valence-corrected chi connectivity index (χ2v) is 5.62. The van der Waals surface area contributed by atoms with Crippen molar-refractivity contribution in [1.82, 2.24) is 0 Å². The van der Waals surface area contributed by atoms with Crippen LogP contribution in [0.3, 0.4) is 0 Å². The highest BCUT2D eigenvalue weighted by molar-refractivity contribution is 9.09. The molecule has 0 bridgehead atoms. The molecular formula is C14H11BrCl2. The third-order valence-electron chi connectivity index (χ3n) is 2.66. The zero-order valence-electron chi connectivity index (χ0n) is 9.25. The number of benzene rings is 2. The van der Waals surface area contributed by atoms with Gasteiger partial charge in [-0.1, -0.05) is 69.5 Å². The maximum atomic E-state index is 6.31. The molecule has 0 aliphatic rings. The average Bonchev–Trinajstić information content (AvgIpc) is 2.33. The molecule has 0 amide bonds. The number of rotatable bonds is 2. The molecule has 1 unspecified atom stereocenters. The van der Waals surface area contributed by atoms with Gasteiger partial charge in [-0.25, -0.2) is 0 Å². The van der Waals surface area contributed by atoms with Crippen molar-refractivity contribution in [2.24, 2.45) is 0 Å². The van der Waals surface area contributed by atoms with Crippen LogP contribution in [0.25, 0.3) is 0 Å². The molecule has 2 aromatic rings. The average molecular weight is 330 g/mol. The minimum absolute atomic E-state index is 0.0900. The van der Waals surface area contributed by atoms with Gasteiger partial charge in [-0.3, -0.25) is 0 Å². The quantitative estimate of drug-likeness (QED) is 0.612. The van der Waals surface area contributed by atoms with E-state index >= 15 is 0 Å². The Bertz CT molecular complexity index is 520. The summed E-state index contributed by atoms with van der Waals surface area (Å²) in [5.74, 6) is 0. The normalized spacial score (nSPS) is 12.5. The van der Waals surface area contributed by atoms with Crippen LogP contribution in [0.4, 0.5) is 0 Å². The number of hydrogen-bond acceptors (Lipinski definition) is 0. The van der Waals surface area contributed by atoms with E-state index in [2.05, 4.69) is 15.9 Å². The summed E-state index contributed by atoms with van der Waals surface area (Å²) in [7, 11) is 0. The number of aryl methyl sites for hydroxylation is 1. The lowest BCUT2D eigenvalue weighted by atomic mass is 10.0. The lowest BCUT2D eigenvalue weighted by Gasteiger charge is -2.14. The first-order chi connectivity index (χ1) is 8.09. The van der Waals surface area contributed by atoms with Crippen LogP contribution in [0.5, 0.6) is 0 Å². The predicted octanol–water partition coefficient (Wildman–Crippen LogP) is 5.79. The Labute approximate surface area is 120 Å². The van der Waals surface area contributed by atoms with E-state index in [1.165, 1.54) is 0 Å². The molecule has 0 saturated carbocycles. The molecule has 0 spiro atoms. The van der Waals surface area contributed by atoms with Gasteiger partial charge in [-0.15, -0.1) is 0 Å². The molecule has 3 heteroatoms. The smallest absolute Gasteiger partial charge is 0.0659 e. The number of halogens is 3. The summed E-state index contributed by atoms with van der Waals surface area (Å²) in [5, 5.41) is 1.55. The fourth-order valence-electron chi connectivity index (χ4n) is 1.68. The minimum Gasteiger partial charge on any atom is -0.0843 e. The Kier molecular flexibility index (Phi) is 4.13. The summed E-state index contributed by atoms with van der Waals surface area (Å²) in [6.45, 7) is 2.01. The number of hydrogen-bond donors (Lipinski definition) is 0. The van der Waals surface area contributed by atoms with Crippen molar-refractivity contribution in [3.8, 4) is 0 Å². The summed E-state index contributed by atoms with van der Waals surface area (Å²) in [4.78, 5) is 0.0900. The maximum absolute atomic E-state index is 6.31. The molecule has 0 aromatic heterocycles. The first-order valence-electron chi connectivity index (χ1n) is 5.24. The molecule has 1 atom stereocenters. The molecule has 2 aromatic carbocycles. The van der Waals surface area contributed by atoms with Crippen molar-refractivity contribution >= 4 is 39.1 Å². The van der Waals surface area contributed by atoms with Gasteiger partial charge in [0.2, 0.25) is 0 Å². The first kappa shape index (κ1) is 12.9. The van der Waals surface area contributed by atoms with Crippen molar-refractivity contribution in [3.05, 3.63) is 69.2 Å². The Morgan fingerprint density at radius 2 is 1.65 bits per heavy atom. The van der Waals surface area contributed by atoms with Crippen molar-refractivity contribution in [3.63, 3.8) is 0 Å². The molecule has 0 fully saturated rings. The fraction of sp³-hybridized carbons (Fsp3) is 0.143. The van der Waals surface area contributed by atoms with Crippen LogP contribution in [0.15, 0.2) is 42.5 Å². The van der Waals surface area contributed by atoms with E-state index in [0.717, 1.165) is 26.7 Å². The zero-order valence-corrected chi connectivity index (χ0v) is 12.4. The van der Waals surface area contributed by atoms with Gasteiger partial charge >= 0.3 is 0 Å². The van der Waals surface area contributed by atoms with E-state index in [9.17, 15) is 0 Å². The lowest BCUT2D eigenvalue weighted by molar-refractivity contribution is 1.17. The van der Waals surface area contributed by atoms with Gasteiger partial charge in [0.15, 0.2) is 0 Å². The SMILES string of the molecule is Cc1cccc(C(Br)c2ccc(Cl)cc2)c1Cl. The van der Waals surface area contributed by atoms with Crippen LogP contribution in [0, 0.1) is 6.92 Å². The van der Waals surface area contributed by atoms with Crippen LogP contribution in [0.2, 0.25) is 10.0 Å². The lowest BCUT2D eigenvalue weighted by Crippen LogP contribution is -1.94. The van der Waals surface area contributed by atoms with Gasteiger partial charge in [0.1, 0.15) is 0 Å². The third-order valence-corrected chi connectivity index (χ3v) is 4.45. The van der Waals surface area contributed by atoms with Crippen LogP contribution in [-0.2, 0) is 0 Å². The third kappa shape index (κ3) is 2.85. The van der Waals surface area contributed by atoms with Crippen LogP contribution in [0.1, 0.15) is 21.5 Å². The molecule has 88 valence electrons. The highest BCUT2D eigenvalue weighted by Gasteiger charge is 2.14. The highest BCUT2D eigenvalue weighted by Crippen LogP contribution is 2.36. The molecule has 0 aliphatic carbocycles. The molecule has 0 aliphatic heterocycles. The Hall–Kier alpha value is -0.500. The summed E-state index contributed by atoms with van der Waals surface area (Å²) in [5.41, 5.74) is 3.30. The van der Waals surface area contributed by atoms with E-state index in [-0.39, 0.29) is 4.83 Å². The molecule has 0 nitrogen and oxygen atoms in total. The molecule has 0 saturated heterocycles. The van der Waals surface area contributed by atoms with Gasteiger partial charge in [-0.2, -0.15) is 0 Å². The summed E-state index contributed by atoms with van der Waals surface area (Å²) in [6, 6.07) is 13.8. The second kappa shape index (κ2) is 5.43. The Morgan fingerprint density at radius 3 is 2.29 bits per heavy atom. The van der Waals surface area contributed by atoms with Crippen LogP contribution < -0.4 is 0 Å². The number of alkyl halides is 1. The monoisotopic (exact) mass is 328 g/mol. The first-order valence-corrected chi connectivity index (χ1v) is 6.91. The molecule has 0 radical (unpaired) electrons. The van der Waals surface area contributed by atoms with Crippen LogP contribution in [-0.4, -0.2) is 0 Å². The zero-order chi connectivity index (χ0) is 12.4. The Morgan fingerprint density at radius 1 is 1.00 bits per heavy atom. The van der Waals surface area contributed by atoms with E-state index in [1.807, 2.05) is 49.4 Å². The molecule has 17 heavy (non-hydrogen) atoms. The standard InChI is InChI=1S/C14H11BrCl2/c1-9-3-2-4-12(14(9)17)13(15)10-5-7-11(16)8-6-10/h2-8,13H,1H3. The van der Waals surface area contributed by atoms with E-state index < -0.39 is 0 Å². The highest BCUT2D eigenvalue weighted by atomic mass is 79.9. The largest absolute Gasteiger partial charge is 0.0843 e. The van der Waals surface area contributed by atoms with Crippen LogP contribution >= 0.6 is 39.1 Å². The van der Waals surface area contributed by atoms with Gasteiger partial charge in [-0.05, 0) is 35.7 Å². The second-order valence-electron chi connectivity index (χ2n) is 3.89. The van der Waals surface area contributed by atoms with Gasteiger partial charge in [0.05, 0.1) is 4.83 Å². The molecule has 0 heterocycles. The van der Waals surface area contributed by atoms with Gasteiger partial charge in [0.25, 0.3) is 0 Å². The Balaban J connectivity index is 2.40. The van der Waals surface area contributed by atoms with Gasteiger partial charge < -0.3 is 0 Å². The van der Waals surface area contributed by atoms with Crippen molar-refractivity contribution in [2.75, 3.05) is 0 Å². The fourth-order valence-corrected chi connectivity index (χ4v) is 2.86. The topological polar surface area (TPSA) is 0 Å². The summed E-state index contributed by atoms with van der Waals surface area (Å²) < 4.78 is 0. The van der Waals surface area contributed by atoms with Crippen molar-refractivity contribution in [2.45, 2.75) is 11.8 Å². The van der Waals surface area contributed by atoms with Crippen molar-refractivity contribution < 1.29 is 0 Å². The van der Waals surface area contributed by atoms with E-state index in [4.69, 9.17) is 23.2 Å². The predicted molar refractivity (Wildman–Crippen MR) is 78.4 cm³/mol. The summed E-state index contributed by atoms with van der Waals surface area (Å²) in [6.07, 6.45) is 0. The molecule has 2 rings (SSSR count). The maximum Gasteiger partial charge on any atom is 0.0659 e. The van der Waals surface area contributed by atoms with Crippen molar-refractivity contribution in [1.29, 1.82) is 0 Å². The molecular weight excluding hydrogens is 319 g/mol. The molecule has 0 N–H and O–H groups in total. The van der Waals surface area contributed by atoms with E-state index in [1.54, 1.807) is 0 Å². The van der Waals surface area contributed by atoms with Gasteiger partial charge in [0, 0.05) is 10.0 Å². The minimum atomic E-state index is 0.0900.